The lowest BCUT2D eigenvalue weighted by Gasteiger charge is -2.36. The van der Waals surface area contributed by atoms with Gasteiger partial charge in [-0.15, -0.1) is 0 Å². The van der Waals surface area contributed by atoms with Gasteiger partial charge < -0.3 is 10.2 Å². The first-order valence-electron chi connectivity index (χ1n) is 10.5. The minimum atomic E-state index is 0.147. The van der Waals surface area contributed by atoms with Crippen LogP contribution in [0.4, 0.5) is 5.82 Å². The van der Waals surface area contributed by atoms with E-state index < -0.39 is 0 Å². The average molecular weight is 385 g/mol. The zero-order valence-corrected chi connectivity index (χ0v) is 17.1. The number of nitrogens with zero attached hydrogens (tertiary/aromatic N) is 5. The van der Waals surface area contributed by atoms with Gasteiger partial charge in [0.1, 0.15) is 12.1 Å². The summed E-state index contributed by atoms with van der Waals surface area (Å²) in [6.07, 6.45) is 13.8. The summed E-state index contributed by atoms with van der Waals surface area (Å²) in [6, 6.07) is 2.20. The van der Waals surface area contributed by atoms with Crippen LogP contribution in [0.3, 0.4) is 0 Å². The standard InChI is InChI=1S/C21H32N6O/c1-3-4-5-7-10-23-20(28)15-18-9-6-8-12-27(18)19-14-17(2)24-21(25-19)26-13-11-22-16-26/h11,13-14,16,18H,3-10,12,15H2,1-2H3,(H,23,28). The smallest absolute Gasteiger partial charge is 0.237 e. The van der Waals surface area contributed by atoms with E-state index in [1.54, 1.807) is 12.5 Å². The first-order valence-corrected chi connectivity index (χ1v) is 10.5. The van der Waals surface area contributed by atoms with Crippen LogP contribution in [0.2, 0.25) is 0 Å². The van der Waals surface area contributed by atoms with Crippen LogP contribution in [-0.4, -0.2) is 44.6 Å². The number of piperidine rings is 1. The van der Waals surface area contributed by atoms with E-state index in [4.69, 9.17) is 4.98 Å². The first-order chi connectivity index (χ1) is 13.7. The van der Waals surface area contributed by atoms with Crippen LogP contribution in [0.15, 0.2) is 24.8 Å². The zero-order valence-electron chi connectivity index (χ0n) is 17.1. The first kappa shape index (κ1) is 20.3. The quantitative estimate of drug-likeness (QED) is 0.671. The predicted molar refractivity (Wildman–Crippen MR) is 111 cm³/mol. The molecule has 0 radical (unpaired) electrons. The number of carbonyl (C=O) groups excluding carboxylic acids is 1. The van der Waals surface area contributed by atoms with Crippen molar-refractivity contribution in [2.75, 3.05) is 18.0 Å². The summed E-state index contributed by atoms with van der Waals surface area (Å²) in [5.74, 6) is 1.67. The third-order valence-corrected chi connectivity index (χ3v) is 5.26. The molecule has 1 unspecified atom stereocenters. The van der Waals surface area contributed by atoms with Crippen molar-refractivity contribution in [2.45, 2.75) is 71.3 Å². The van der Waals surface area contributed by atoms with E-state index in [0.29, 0.717) is 12.4 Å². The molecule has 1 N–H and O–H groups in total. The highest BCUT2D eigenvalue weighted by atomic mass is 16.1. The Balaban J connectivity index is 1.65. The van der Waals surface area contributed by atoms with Crippen molar-refractivity contribution in [1.29, 1.82) is 0 Å². The lowest BCUT2D eigenvalue weighted by molar-refractivity contribution is -0.121. The molecule has 3 heterocycles. The highest BCUT2D eigenvalue weighted by Crippen LogP contribution is 2.26. The van der Waals surface area contributed by atoms with E-state index in [0.717, 1.165) is 50.3 Å². The zero-order chi connectivity index (χ0) is 19.8. The molecule has 1 aliphatic heterocycles. The number of imidazole rings is 1. The van der Waals surface area contributed by atoms with Gasteiger partial charge in [-0.05, 0) is 32.6 Å². The van der Waals surface area contributed by atoms with Gasteiger partial charge in [-0.3, -0.25) is 9.36 Å². The molecule has 28 heavy (non-hydrogen) atoms. The normalized spacial score (nSPS) is 16.9. The number of anilines is 1. The third kappa shape index (κ3) is 5.53. The van der Waals surface area contributed by atoms with Crippen LogP contribution in [0, 0.1) is 6.92 Å². The summed E-state index contributed by atoms with van der Waals surface area (Å²) >= 11 is 0. The number of unbranched alkanes of at least 4 members (excludes halogenated alkanes) is 3. The molecule has 7 nitrogen and oxygen atoms in total. The fourth-order valence-electron chi connectivity index (χ4n) is 3.76. The average Bonchev–Trinajstić information content (AvgIpc) is 3.23. The van der Waals surface area contributed by atoms with Gasteiger partial charge in [-0.1, -0.05) is 26.2 Å². The topological polar surface area (TPSA) is 75.9 Å². The van der Waals surface area contributed by atoms with Gasteiger partial charge in [-0.25, -0.2) is 9.97 Å². The second kappa shape index (κ2) is 10.2. The van der Waals surface area contributed by atoms with Gasteiger partial charge in [-0.2, -0.15) is 4.98 Å². The van der Waals surface area contributed by atoms with Gasteiger partial charge in [0.05, 0.1) is 0 Å². The van der Waals surface area contributed by atoms with Crippen LogP contribution in [0.5, 0.6) is 0 Å². The Morgan fingerprint density at radius 2 is 2.14 bits per heavy atom. The molecule has 0 aliphatic carbocycles. The Labute approximate surface area is 167 Å². The van der Waals surface area contributed by atoms with Crippen molar-refractivity contribution >= 4 is 11.7 Å². The van der Waals surface area contributed by atoms with Crippen molar-refractivity contribution in [3.63, 3.8) is 0 Å². The summed E-state index contributed by atoms with van der Waals surface area (Å²) in [4.78, 5) is 28.1. The molecule has 3 rings (SSSR count). The molecule has 0 saturated carbocycles. The van der Waals surface area contributed by atoms with E-state index in [1.807, 2.05) is 23.8 Å². The van der Waals surface area contributed by atoms with Crippen LogP contribution in [-0.2, 0) is 4.79 Å². The van der Waals surface area contributed by atoms with Crippen molar-refractivity contribution in [3.8, 4) is 5.95 Å². The minimum absolute atomic E-state index is 0.147. The van der Waals surface area contributed by atoms with E-state index in [2.05, 4.69) is 27.1 Å². The second-order valence-electron chi connectivity index (χ2n) is 7.60. The molecule has 2 aromatic heterocycles. The molecule has 0 aromatic carbocycles. The van der Waals surface area contributed by atoms with Gasteiger partial charge in [0.2, 0.25) is 11.9 Å². The number of aryl methyl sites for hydroxylation is 1. The van der Waals surface area contributed by atoms with E-state index in [-0.39, 0.29) is 11.9 Å². The molecule has 1 atom stereocenters. The highest BCUT2D eigenvalue weighted by Gasteiger charge is 2.26. The fraction of sp³-hybridized carbons (Fsp3) is 0.619. The Kier molecular flexibility index (Phi) is 7.39. The van der Waals surface area contributed by atoms with Gasteiger partial charge in [0.15, 0.2) is 0 Å². The Morgan fingerprint density at radius 1 is 1.25 bits per heavy atom. The molecule has 1 fully saturated rings. The van der Waals surface area contributed by atoms with Gasteiger partial charge in [0.25, 0.3) is 0 Å². The monoisotopic (exact) mass is 384 g/mol. The molecule has 0 spiro atoms. The predicted octanol–water partition coefficient (Wildman–Crippen LogP) is 3.42. The molecule has 1 amide bonds. The number of carbonyl (C=O) groups is 1. The van der Waals surface area contributed by atoms with Crippen molar-refractivity contribution < 1.29 is 4.79 Å². The van der Waals surface area contributed by atoms with E-state index >= 15 is 0 Å². The molecular formula is C21H32N6O. The maximum absolute atomic E-state index is 12.5. The molecule has 1 saturated heterocycles. The summed E-state index contributed by atoms with van der Waals surface area (Å²) in [5, 5.41) is 3.10. The van der Waals surface area contributed by atoms with Crippen molar-refractivity contribution in [1.82, 2.24) is 24.8 Å². The number of hydrogen-bond acceptors (Lipinski definition) is 5. The molecule has 2 aromatic rings. The fourth-order valence-corrected chi connectivity index (χ4v) is 3.76. The summed E-state index contributed by atoms with van der Waals surface area (Å²) in [5.41, 5.74) is 0.915. The van der Waals surface area contributed by atoms with E-state index in [1.165, 1.54) is 19.3 Å². The molecule has 0 bridgehead atoms. The lowest BCUT2D eigenvalue weighted by Crippen LogP contribution is -2.43. The van der Waals surface area contributed by atoms with Gasteiger partial charge in [0, 0.05) is 49.7 Å². The molecule has 7 heteroatoms. The number of nitrogens with one attached hydrogen (secondary N) is 1. The second-order valence-corrected chi connectivity index (χ2v) is 7.60. The largest absolute Gasteiger partial charge is 0.356 e. The summed E-state index contributed by atoms with van der Waals surface area (Å²) < 4.78 is 1.82. The summed E-state index contributed by atoms with van der Waals surface area (Å²) in [7, 11) is 0. The molecular weight excluding hydrogens is 352 g/mol. The van der Waals surface area contributed by atoms with Crippen LogP contribution in [0.1, 0.15) is 64.0 Å². The Bertz CT molecular complexity index is 745. The molecule has 1 aliphatic rings. The number of hydrogen-bond donors (Lipinski definition) is 1. The summed E-state index contributed by atoms with van der Waals surface area (Å²) in [6.45, 7) is 5.88. The number of rotatable bonds is 9. The van der Waals surface area contributed by atoms with Crippen LogP contribution in [0.25, 0.3) is 5.95 Å². The van der Waals surface area contributed by atoms with Crippen LogP contribution < -0.4 is 10.2 Å². The van der Waals surface area contributed by atoms with Crippen LogP contribution >= 0.6 is 0 Å². The maximum atomic E-state index is 12.5. The SMILES string of the molecule is CCCCCCNC(=O)CC1CCCCN1c1cc(C)nc(-n2ccnc2)n1. The van der Waals surface area contributed by atoms with E-state index in [9.17, 15) is 4.79 Å². The number of aromatic nitrogens is 4. The lowest BCUT2D eigenvalue weighted by atomic mass is 9.99. The minimum Gasteiger partial charge on any atom is -0.356 e. The third-order valence-electron chi connectivity index (χ3n) is 5.26. The number of amides is 1. The highest BCUT2D eigenvalue weighted by molar-refractivity contribution is 5.77. The Hall–Kier alpha value is -2.44. The maximum Gasteiger partial charge on any atom is 0.237 e. The van der Waals surface area contributed by atoms with Gasteiger partial charge >= 0.3 is 0 Å². The van der Waals surface area contributed by atoms with Crippen molar-refractivity contribution in [3.05, 3.63) is 30.5 Å². The molecule has 152 valence electrons. The Morgan fingerprint density at radius 3 is 2.93 bits per heavy atom. The van der Waals surface area contributed by atoms with Crippen molar-refractivity contribution in [2.24, 2.45) is 0 Å².